The van der Waals surface area contributed by atoms with E-state index in [2.05, 4.69) is 24.5 Å². The van der Waals surface area contributed by atoms with E-state index in [0.29, 0.717) is 13.0 Å². The molecule has 0 aromatic carbocycles. The van der Waals surface area contributed by atoms with Gasteiger partial charge in [-0.1, -0.05) is 46.0 Å². The first kappa shape index (κ1) is 17.3. The smallest absolute Gasteiger partial charge is 0.314 e. The van der Waals surface area contributed by atoms with Crippen LogP contribution in [0.15, 0.2) is 0 Å². The molecule has 4 nitrogen and oxygen atoms in total. The number of aliphatic hydroxyl groups excluding tert-OH is 1. The molecule has 2 amide bonds. The standard InChI is InChI=1S/C16H32N2O2/c1-13(19)11-16(2,3)12-18-15(20)17-10-9-14-7-5-4-6-8-14/h13-14,19H,4-12H2,1-3H3,(H2,17,18,20). The van der Waals surface area contributed by atoms with Gasteiger partial charge in [0.1, 0.15) is 0 Å². The van der Waals surface area contributed by atoms with Gasteiger partial charge in [0.25, 0.3) is 0 Å². The summed E-state index contributed by atoms with van der Waals surface area (Å²) < 4.78 is 0. The molecule has 20 heavy (non-hydrogen) atoms. The molecule has 118 valence electrons. The molecule has 1 rings (SSSR count). The van der Waals surface area contributed by atoms with Gasteiger partial charge in [0.15, 0.2) is 0 Å². The molecular formula is C16H32N2O2. The van der Waals surface area contributed by atoms with Crippen LogP contribution in [0.3, 0.4) is 0 Å². The van der Waals surface area contributed by atoms with Crippen molar-refractivity contribution in [3.8, 4) is 0 Å². The summed E-state index contributed by atoms with van der Waals surface area (Å²) in [6, 6.07) is -0.0838. The van der Waals surface area contributed by atoms with E-state index in [0.717, 1.165) is 18.9 Å². The molecule has 3 N–H and O–H groups in total. The zero-order valence-corrected chi connectivity index (χ0v) is 13.4. The highest BCUT2D eigenvalue weighted by Crippen LogP contribution is 2.25. The molecule has 1 aliphatic rings. The summed E-state index contributed by atoms with van der Waals surface area (Å²) in [7, 11) is 0. The molecule has 0 heterocycles. The Kier molecular flexibility index (Phi) is 7.35. The van der Waals surface area contributed by atoms with Gasteiger partial charge in [-0.15, -0.1) is 0 Å². The Balaban J connectivity index is 2.10. The first-order valence-electron chi connectivity index (χ1n) is 8.09. The third-order valence-electron chi connectivity index (χ3n) is 4.14. The van der Waals surface area contributed by atoms with E-state index < -0.39 is 0 Å². The second-order valence-corrected chi connectivity index (χ2v) is 7.12. The molecule has 1 saturated carbocycles. The molecule has 0 spiro atoms. The Bertz CT molecular complexity index is 284. The third kappa shape index (κ3) is 7.73. The molecule has 1 aliphatic carbocycles. The van der Waals surface area contributed by atoms with Crippen molar-refractivity contribution >= 4 is 6.03 Å². The van der Waals surface area contributed by atoms with Gasteiger partial charge in [-0.25, -0.2) is 4.79 Å². The minimum absolute atomic E-state index is 0.0745. The van der Waals surface area contributed by atoms with Crippen molar-refractivity contribution in [1.29, 1.82) is 0 Å². The van der Waals surface area contributed by atoms with Crippen LogP contribution in [0.1, 0.15) is 65.7 Å². The molecule has 0 aromatic rings. The van der Waals surface area contributed by atoms with Gasteiger partial charge in [0.05, 0.1) is 6.10 Å². The Morgan fingerprint density at radius 2 is 1.90 bits per heavy atom. The maximum Gasteiger partial charge on any atom is 0.314 e. The van der Waals surface area contributed by atoms with E-state index in [-0.39, 0.29) is 17.6 Å². The average Bonchev–Trinajstić information content (AvgIpc) is 2.36. The SMILES string of the molecule is CC(O)CC(C)(C)CNC(=O)NCCC1CCCCC1. The van der Waals surface area contributed by atoms with Crippen LogP contribution in [-0.2, 0) is 0 Å². The molecule has 0 saturated heterocycles. The number of aliphatic hydroxyl groups is 1. The Hall–Kier alpha value is -0.770. The van der Waals surface area contributed by atoms with E-state index in [9.17, 15) is 9.90 Å². The minimum Gasteiger partial charge on any atom is -0.393 e. The fourth-order valence-electron chi connectivity index (χ4n) is 3.12. The van der Waals surface area contributed by atoms with Crippen LogP contribution >= 0.6 is 0 Å². The van der Waals surface area contributed by atoms with Crippen LogP contribution in [-0.4, -0.2) is 30.3 Å². The molecule has 0 radical (unpaired) electrons. The first-order valence-corrected chi connectivity index (χ1v) is 8.09. The summed E-state index contributed by atoms with van der Waals surface area (Å²) in [6.07, 6.45) is 8.19. The van der Waals surface area contributed by atoms with Crippen molar-refractivity contribution in [3.05, 3.63) is 0 Å². The number of amides is 2. The molecule has 0 bridgehead atoms. The van der Waals surface area contributed by atoms with Gasteiger partial charge < -0.3 is 15.7 Å². The van der Waals surface area contributed by atoms with E-state index in [1.807, 2.05) is 0 Å². The highest BCUT2D eigenvalue weighted by Gasteiger charge is 2.21. The summed E-state index contributed by atoms with van der Waals surface area (Å²) in [5.41, 5.74) is -0.0745. The van der Waals surface area contributed by atoms with Crippen LogP contribution in [0.5, 0.6) is 0 Å². The maximum absolute atomic E-state index is 11.7. The predicted octanol–water partition coefficient (Wildman–Crippen LogP) is 3.05. The molecule has 1 fully saturated rings. The van der Waals surface area contributed by atoms with Crippen LogP contribution in [0, 0.1) is 11.3 Å². The summed E-state index contributed by atoms with van der Waals surface area (Å²) in [5, 5.41) is 15.3. The predicted molar refractivity (Wildman–Crippen MR) is 82.7 cm³/mol. The number of rotatable bonds is 7. The lowest BCUT2D eigenvalue weighted by Gasteiger charge is -2.26. The van der Waals surface area contributed by atoms with Crippen LogP contribution in [0.2, 0.25) is 0 Å². The zero-order valence-electron chi connectivity index (χ0n) is 13.4. The maximum atomic E-state index is 11.7. The zero-order chi connectivity index (χ0) is 15.0. The second-order valence-electron chi connectivity index (χ2n) is 7.12. The van der Waals surface area contributed by atoms with Crippen molar-refractivity contribution in [2.75, 3.05) is 13.1 Å². The van der Waals surface area contributed by atoms with Crippen molar-refractivity contribution < 1.29 is 9.90 Å². The van der Waals surface area contributed by atoms with Crippen molar-refractivity contribution in [2.24, 2.45) is 11.3 Å². The molecule has 4 heteroatoms. The largest absolute Gasteiger partial charge is 0.393 e. The fraction of sp³-hybridized carbons (Fsp3) is 0.938. The lowest BCUT2D eigenvalue weighted by atomic mass is 9.87. The number of carbonyl (C=O) groups is 1. The van der Waals surface area contributed by atoms with E-state index >= 15 is 0 Å². The summed E-state index contributed by atoms with van der Waals surface area (Å²) >= 11 is 0. The summed E-state index contributed by atoms with van der Waals surface area (Å²) in [4.78, 5) is 11.7. The van der Waals surface area contributed by atoms with Crippen molar-refractivity contribution in [3.63, 3.8) is 0 Å². The quantitative estimate of drug-likeness (QED) is 0.673. The highest BCUT2D eigenvalue weighted by atomic mass is 16.3. The van der Waals surface area contributed by atoms with Gasteiger partial charge in [-0.2, -0.15) is 0 Å². The van der Waals surface area contributed by atoms with Crippen LogP contribution < -0.4 is 10.6 Å². The summed E-state index contributed by atoms with van der Waals surface area (Å²) in [5.74, 6) is 0.802. The Labute approximate surface area is 123 Å². The first-order chi connectivity index (χ1) is 9.39. The number of urea groups is 1. The molecule has 0 aliphatic heterocycles. The highest BCUT2D eigenvalue weighted by molar-refractivity contribution is 5.73. The molecule has 0 aromatic heterocycles. The van der Waals surface area contributed by atoms with Crippen molar-refractivity contribution in [2.45, 2.75) is 71.8 Å². The van der Waals surface area contributed by atoms with Crippen LogP contribution in [0.4, 0.5) is 4.79 Å². The van der Waals surface area contributed by atoms with Gasteiger partial charge in [-0.05, 0) is 31.1 Å². The normalized spacial score (nSPS) is 18.6. The van der Waals surface area contributed by atoms with E-state index in [4.69, 9.17) is 0 Å². The topological polar surface area (TPSA) is 61.4 Å². The Morgan fingerprint density at radius 1 is 1.25 bits per heavy atom. The van der Waals surface area contributed by atoms with Crippen molar-refractivity contribution in [1.82, 2.24) is 10.6 Å². The molecule has 1 atom stereocenters. The van der Waals surface area contributed by atoms with Gasteiger partial charge >= 0.3 is 6.03 Å². The van der Waals surface area contributed by atoms with Gasteiger partial charge in [0, 0.05) is 13.1 Å². The number of hydrogen-bond acceptors (Lipinski definition) is 2. The lowest BCUT2D eigenvalue weighted by molar-refractivity contribution is 0.129. The summed E-state index contributed by atoms with van der Waals surface area (Å²) in [6.45, 7) is 7.26. The third-order valence-corrected chi connectivity index (χ3v) is 4.14. The molecule has 1 unspecified atom stereocenters. The van der Waals surface area contributed by atoms with Crippen LogP contribution in [0.25, 0.3) is 0 Å². The minimum atomic E-state index is -0.332. The monoisotopic (exact) mass is 284 g/mol. The number of hydrogen-bond donors (Lipinski definition) is 3. The van der Waals surface area contributed by atoms with E-state index in [1.54, 1.807) is 6.92 Å². The van der Waals surface area contributed by atoms with Gasteiger partial charge in [0.2, 0.25) is 0 Å². The fourth-order valence-corrected chi connectivity index (χ4v) is 3.12. The lowest BCUT2D eigenvalue weighted by Crippen LogP contribution is -2.42. The second kappa shape index (κ2) is 8.50. The van der Waals surface area contributed by atoms with Gasteiger partial charge in [-0.3, -0.25) is 0 Å². The number of carbonyl (C=O) groups excluding carboxylic acids is 1. The van der Waals surface area contributed by atoms with E-state index in [1.165, 1.54) is 32.1 Å². The molecular weight excluding hydrogens is 252 g/mol. The Morgan fingerprint density at radius 3 is 2.50 bits per heavy atom. The average molecular weight is 284 g/mol. The number of nitrogens with one attached hydrogen (secondary N) is 2.